The summed E-state index contributed by atoms with van der Waals surface area (Å²) in [6, 6.07) is 23.7. The Morgan fingerprint density at radius 1 is 0.850 bits per heavy atom. The minimum absolute atomic E-state index is 0.106. The number of rotatable bonds is 9. The monoisotopic (exact) mass is 814 g/mol. The lowest BCUT2D eigenvalue weighted by molar-refractivity contribution is -0.120. The number of piperazine rings is 1. The molecule has 312 valence electrons. The van der Waals surface area contributed by atoms with Gasteiger partial charge in [0.2, 0.25) is 11.9 Å². The fraction of sp³-hybridized carbons (Fsp3) is 0.422. The van der Waals surface area contributed by atoms with Crippen LogP contribution in [0.25, 0.3) is 33.3 Å². The van der Waals surface area contributed by atoms with E-state index in [1.165, 1.54) is 11.1 Å². The molecule has 60 heavy (non-hydrogen) atoms. The van der Waals surface area contributed by atoms with Crippen LogP contribution in [0, 0.1) is 11.7 Å². The van der Waals surface area contributed by atoms with Crippen molar-refractivity contribution < 1.29 is 23.5 Å². The van der Waals surface area contributed by atoms with Crippen molar-refractivity contribution in [1.29, 1.82) is 0 Å². The minimum Gasteiger partial charge on any atom is -0.446 e. The van der Waals surface area contributed by atoms with Crippen LogP contribution in [-0.4, -0.2) is 112 Å². The Hall–Kier alpha value is -6.09. The van der Waals surface area contributed by atoms with Gasteiger partial charge in [-0.05, 0) is 79.8 Å². The van der Waals surface area contributed by atoms with Crippen LogP contribution in [0.4, 0.5) is 31.4 Å². The fourth-order valence-corrected chi connectivity index (χ4v) is 9.08. The van der Waals surface area contributed by atoms with E-state index < -0.39 is 11.8 Å². The summed E-state index contributed by atoms with van der Waals surface area (Å²) in [5, 5.41) is 11.3. The molecule has 5 heterocycles. The Balaban J connectivity index is 0.700. The van der Waals surface area contributed by atoms with Gasteiger partial charge in [0, 0.05) is 88.5 Å². The number of hydrogen-bond donors (Lipinski definition) is 2. The highest BCUT2D eigenvalue weighted by molar-refractivity contribution is 6.09. The summed E-state index contributed by atoms with van der Waals surface area (Å²) < 4.78 is 22.8. The molecule has 15 heteroatoms. The summed E-state index contributed by atoms with van der Waals surface area (Å²) in [5.74, 6) is 0.772. The van der Waals surface area contributed by atoms with Crippen LogP contribution in [0.2, 0.25) is 0 Å². The molecule has 2 aromatic heterocycles. The molecule has 9 rings (SSSR count). The van der Waals surface area contributed by atoms with Gasteiger partial charge in [-0.25, -0.2) is 23.9 Å². The second-order valence-electron chi connectivity index (χ2n) is 16.5. The molecule has 4 amide bonds. The normalized spacial score (nSPS) is 20.7. The lowest BCUT2D eigenvalue weighted by Crippen LogP contribution is -2.49. The third-order valence-corrected chi connectivity index (χ3v) is 12.5. The topological polar surface area (TPSA) is 141 Å². The SMILES string of the molecule is Cn1nc(N2CCC(=O)NC2=O)c2ccc(N3CCN(CC4CCN(C(=O)OC5CCC(Nc6ncc(F)c(-c7cccc(-c8ccccc8)c7)n6)CC5)CC4)CC3)cc21. The quantitative estimate of drug-likeness (QED) is 0.166. The number of piperidine rings is 1. The van der Waals surface area contributed by atoms with Gasteiger partial charge >= 0.3 is 12.1 Å². The number of hydrogen-bond acceptors (Lipinski definition) is 10. The van der Waals surface area contributed by atoms with Crippen LogP contribution in [0.3, 0.4) is 0 Å². The first-order chi connectivity index (χ1) is 29.2. The standard InChI is InChI=1S/C45H51FN10O4/c1-52-39-27-35(12-15-37(39)42(51-52)56-21-18-40(57)49-44(56)58)54-24-22-53(23-25-54)29-30-16-19-55(20-17-30)45(59)60-36-13-10-34(11-14-36)48-43-47-28-38(46)41(50-43)33-9-5-8-32(26-33)31-6-3-2-4-7-31/h2-9,12,15,26-28,30,34,36H,10-11,13-14,16-25,29H2,1H3,(H,47,48,50)(H,49,57,58). The Kier molecular flexibility index (Phi) is 11.3. The van der Waals surface area contributed by atoms with Gasteiger partial charge < -0.3 is 19.9 Å². The van der Waals surface area contributed by atoms with E-state index in [-0.39, 0.29) is 36.3 Å². The van der Waals surface area contributed by atoms with Crippen molar-refractivity contribution in [2.75, 3.05) is 67.5 Å². The molecule has 0 spiro atoms. The van der Waals surface area contributed by atoms with Crippen molar-refractivity contribution in [3.8, 4) is 22.4 Å². The number of aromatic nitrogens is 4. The molecule has 0 radical (unpaired) electrons. The second kappa shape index (κ2) is 17.3. The first-order valence-electron chi connectivity index (χ1n) is 21.2. The molecule has 0 atom stereocenters. The molecule has 3 aliphatic heterocycles. The van der Waals surface area contributed by atoms with Crippen molar-refractivity contribution >= 4 is 46.4 Å². The highest BCUT2D eigenvalue weighted by Gasteiger charge is 2.31. The van der Waals surface area contributed by atoms with Crippen molar-refractivity contribution in [1.82, 2.24) is 34.9 Å². The van der Waals surface area contributed by atoms with E-state index in [9.17, 15) is 18.8 Å². The molecule has 14 nitrogen and oxygen atoms in total. The maximum absolute atomic E-state index is 15.0. The zero-order chi connectivity index (χ0) is 41.2. The largest absolute Gasteiger partial charge is 0.446 e. The number of urea groups is 1. The van der Waals surface area contributed by atoms with Gasteiger partial charge in [0.05, 0.1) is 11.7 Å². The maximum atomic E-state index is 15.0. The van der Waals surface area contributed by atoms with Crippen molar-refractivity contribution in [3.63, 3.8) is 0 Å². The van der Waals surface area contributed by atoms with E-state index in [4.69, 9.17) is 4.74 Å². The van der Waals surface area contributed by atoms with Gasteiger partial charge in [0.1, 0.15) is 11.8 Å². The molecule has 5 aromatic rings. The number of benzene rings is 3. The number of fused-ring (bicyclic) bond motifs is 1. The van der Waals surface area contributed by atoms with E-state index in [0.717, 1.165) is 99.0 Å². The third kappa shape index (κ3) is 8.62. The molecule has 1 saturated carbocycles. The number of nitrogens with zero attached hydrogens (tertiary/aromatic N) is 8. The predicted molar refractivity (Wildman–Crippen MR) is 228 cm³/mol. The van der Waals surface area contributed by atoms with Crippen LogP contribution < -0.4 is 20.4 Å². The third-order valence-electron chi connectivity index (χ3n) is 12.5. The fourth-order valence-electron chi connectivity index (χ4n) is 9.08. The highest BCUT2D eigenvalue weighted by atomic mass is 19.1. The van der Waals surface area contributed by atoms with E-state index in [1.54, 1.807) is 4.68 Å². The summed E-state index contributed by atoms with van der Waals surface area (Å²) in [4.78, 5) is 54.5. The second-order valence-corrected chi connectivity index (χ2v) is 16.5. The zero-order valence-electron chi connectivity index (χ0n) is 33.9. The van der Waals surface area contributed by atoms with Gasteiger partial charge in [0.15, 0.2) is 11.6 Å². The Labute approximate surface area is 348 Å². The average Bonchev–Trinajstić information content (AvgIpc) is 3.60. The minimum atomic E-state index is -0.468. The number of imide groups is 1. The van der Waals surface area contributed by atoms with Crippen LogP contribution in [0.15, 0.2) is 79.0 Å². The molecule has 4 fully saturated rings. The number of carbonyl (C=O) groups is 3. The first-order valence-corrected chi connectivity index (χ1v) is 21.2. The van der Waals surface area contributed by atoms with E-state index in [1.807, 2.05) is 72.6 Å². The summed E-state index contributed by atoms with van der Waals surface area (Å²) in [7, 11) is 1.88. The molecule has 2 N–H and O–H groups in total. The van der Waals surface area contributed by atoms with Crippen LogP contribution in [-0.2, 0) is 16.6 Å². The molecular weight excluding hydrogens is 764 g/mol. The highest BCUT2D eigenvalue weighted by Crippen LogP contribution is 2.32. The molecule has 0 bridgehead atoms. The van der Waals surface area contributed by atoms with Crippen LogP contribution in [0.5, 0.6) is 0 Å². The zero-order valence-corrected chi connectivity index (χ0v) is 33.9. The average molecular weight is 815 g/mol. The van der Waals surface area contributed by atoms with Gasteiger partial charge in [-0.15, -0.1) is 0 Å². The van der Waals surface area contributed by atoms with Crippen molar-refractivity contribution in [3.05, 3.63) is 84.8 Å². The summed E-state index contributed by atoms with van der Waals surface area (Å²) in [5.41, 5.74) is 5.07. The molecule has 0 unspecified atom stereocenters. The van der Waals surface area contributed by atoms with Gasteiger partial charge in [-0.2, -0.15) is 5.10 Å². The number of ether oxygens (including phenoxy) is 1. The number of carbonyl (C=O) groups excluding carboxylic acids is 3. The smallest absolute Gasteiger partial charge is 0.410 e. The van der Waals surface area contributed by atoms with E-state index in [2.05, 4.69) is 47.6 Å². The number of nitrogens with one attached hydrogen (secondary N) is 2. The predicted octanol–water partition coefficient (Wildman–Crippen LogP) is 6.68. The summed E-state index contributed by atoms with van der Waals surface area (Å²) in [6.07, 6.45) is 6.16. The van der Waals surface area contributed by atoms with Gasteiger partial charge in [-0.3, -0.25) is 24.6 Å². The number of halogens is 1. The van der Waals surface area contributed by atoms with Gasteiger partial charge in [-0.1, -0.05) is 48.5 Å². The van der Waals surface area contributed by atoms with Crippen LogP contribution in [0.1, 0.15) is 44.9 Å². The molecule has 3 saturated heterocycles. The number of amides is 4. The Bertz CT molecular complexity index is 2350. The Morgan fingerprint density at radius 2 is 1.60 bits per heavy atom. The van der Waals surface area contributed by atoms with E-state index >= 15 is 0 Å². The number of likely N-dealkylation sites (tertiary alicyclic amines) is 1. The number of anilines is 3. The molecule has 3 aromatic carbocycles. The van der Waals surface area contributed by atoms with Crippen molar-refractivity contribution in [2.24, 2.45) is 13.0 Å². The number of aryl methyl sites for hydroxylation is 1. The summed E-state index contributed by atoms with van der Waals surface area (Å²) in [6.45, 7) is 6.52. The Morgan fingerprint density at radius 3 is 2.37 bits per heavy atom. The summed E-state index contributed by atoms with van der Waals surface area (Å²) >= 11 is 0. The lowest BCUT2D eigenvalue weighted by atomic mass is 9.93. The van der Waals surface area contributed by atoms with Crippen molar-refractivity contribution in [2.45, 2.75) is 57.1 Å². The van der Waals surface area contributed by atoms with E-state index in [0.29, 0.717) is 42.9 Å². The molecule has 1 aliphatic carbocycles. The first kappa shape index (κ1) is 39.4. The molecular formula is C45H51FN10O4. The molecule has 4 aliphatic rings. The van der Waals surface area contributed by atoms with Crippen LogP contribution >= 0.6 is 0 Å². The van der Waals surface area contributed by atoms with Gasteiger partial charge in [0.25, 0.3) is 0 Å². The maximum Gasteiger partial charge on any atom is 0.410 e. The lowest BCUT2D eigenvalue weighted by Gasteiger charge is -2.39.